The van der Waals surface area contributed by atoms with Gasteiger partial charge in [-0.15, -0.1) is 5.10 Å². The second kappa shape index (κ2) is 8.03. The summed E-state index contributed by atoms with van der Waals surface area (Å²) in [5, 5.41) is 4.17. The zero-order valence-electron chi connectivity index (χ0n) is 16.2. The zero-order chi connectivity index (χ0) is 18.7. The highest BCUT2D eigenvalue weighted by atomic mass is 32.1. The van der Waals surface area contributed by atoms with Crippen LogP contribution in [-0.4, -0.2) is 57.4 Å². The molecule has 2 amide bonds. The molecule has 1 saturated heterocycles. The van der Waals surface area contributed by atoms with Crippen LogP contribution >= 0.6 is 11.5 Å². The third kappa shape index (κ3) is 4.42. The minimum atomic E-state index is -0.198. The van der Waals surface area contributed by atoms with E-state index in [0.29, 0.717) is 37.5 Å². The summed E-state index contributed by atoms with van der Waals surface area (Å²) >= 11 is 1.17. The van der Waals surface area contributed by atoms with Crippen LogP contribution in [0.15, 0.2) is 0 Å². The smallest absolute Gasteiger partial charge is 0.267 e. The van der Waals surface area contributed by atoms with Crippen molar-refractivity contribution in [1.29, 1.82) is 0 Å². The predicted molar refractivity (Wildman–Crippen MR) is 102 cm³/mol. The Morgan fingerprint density at radius 2 is 1.69 bits per heavy atom. The SMILES string of the molecule is CC(C)(C)c1nnsc1C(=O)N1CCN(C(=O)CCC2CCCC2)CC1. The topological polar surface area (TPSA) is 66.4 Å². The molecule has 1 aliphatic heterocycles. The van der Waals surface area contributed by atoms with Gasteiger partial charge in [0.05, 0.1) is 5.69 Å². The molecule has 0 spiro atoms. The van der Waals surface area contributed by atoms with E-state index in [0.717, 1.165) is 18.0 Å². The van der Waals surface area contributed by atoms with Gasteiger partial charge < -0.3 is 9.80 Å². The molecule has 1 saturated carbocycles. The molecule has 6 nitrogen and oxygen atoms in total. The molecule has 0 aromatic carbocycles. The lowest BCUT2D eigenvalue weighted by Crippen LogP contribution is -2.50. The number of nitrogens with zero attached hydrogens (tertiary/aromatic N) is 4. The van der Waals surface area contributed by atoms with Crippen molar-refractivity contribution in [2.75, 3.05) is 26.2 Å². The molecule has 1 aromatic rings. The van der Waals surface area contributed by atoms with Gasteiger partial charge in [-0.05, 0) is 23.9 Å². The summed E-state index contributed by atoms with van der Waals surface area (Å²) in [4.78, 5) is 29.7. The number of carbonyl (C=O) groups is 2. The van der Waals surface area contributed by atoms with Crippen LogP contribution in [0.4, 0.5) is 0 Å². The Kier molecular flexibility index (Phi) is 5.95. The Labute approximate surface area is 160 Å². The summed E-state index contributed by atoms with van der Waals surface area (Å²) in [5.41, 5.74) is 0.568. The summed E-state index contributed by atoms with van der Waals surface area (Å²) in [6.07, 6.45) is 6.90. The lowest BCUT2D eigenvalue weighted by Gasteiger charge is -2.35. The minimum absolute atomic E-state index is 0.00276. The Morgan fingerprint density at radius 3 is 2.31 bits per heavy atom. The van der Waals surface area contributed by atoms with Crippen LogP contribution in [-0.2, 0) is 10.2 Å². The van der Waals surface area contributed by atoms with E-state index in [9.17, 15) is 9.59 Å². The highest BCUT2D eigenvalue weighted by molar-refractivity contribution is 7.08. The van der Waals surface area contributed by atoms with Gasteiger partial charge in [-0.2, -0.15) is 0 Å². The van der Waals surface area contributed by atoms with E-state index in [1.165, 1.54) is 37.2 Å². The van der Waals surface area contributed by atoms with Crippen LogP contribution in [0.3, 0.4) is 0 Å². The van der Waals surface area contributed by atoms with Crippen molar-refractivity contribution in [2.24, 2.45) is 5.92 Å². The molecule has 2 fully saturated rings. The fourth-order valence-electron chi connectivity index (χ4n) is 3.91. The number of amides is 2. The highest BCUT2D eigenvalue weighted by Crippen LogP contribution is 2.29. The zero-order valence-corrected chi connectivity index (χ0v) is 17.0. The maximum absolute atomic E-state index is 12.9. The van der Waals surface area contributed by atoms with Crippen LogP contribution in [0.1, 0.15) is 74.7 Å². The fraction of sp³-hybridized carbons (Fsp3) is 0.789. The van der Waals surface area contributed by atoms with Crippen molar-refractivity contribution < 1.29 is 9.59 Å². The quantitative estimate of drug-likeness (QED) is 0.807. The molecule has 26 heavy (non-hydrogen) atoms. The molecule has 0 N–H and O–H groups in total. The number of hydrogen-bond donors (Lipinski definition) is 0. The van der Waals surface area contributed by atoms with E-state index in [2.05, 4.69) is 9.59 Å². The predicted octanol–water partition coefficient (Wildman–Crippen LogP) is 3.09. The summed E-state index contributed by atoms with van der Waals surface area (Å²) in [7, 11) is 0. The third-order valence-electron chi connectivity index (χ3n) is 5.55. The molecule has 0 radical (unpaired) electrons. The molecule has 0 atom stereocenters. The van der Waals surface area contributed by atoms with Gasteiger partial charge in [0.1, 0.15) is 4.88 Å². The minimum Gasteiger partial charge on any atom is -0.339 e. The van der Waals surface area contributed by atoms with E-state index < -0.39 is 0 Å². The average molecular weight is 379 g/mol. The van der Waals surface area contributed by atoms with Gasteiger partial charge in [0, 0.05) is 38.0 Å². The Balaban J connectivity index is 1.51. The van der Waals surface area contributed by atoms with Gasteiger partial charge in [0.15, 0.2) is 0 Å². The first-order chi connectivity index (χ1) is 12.4. The Bertz CT molecular complexity index is 638. The summed E-state index contributed by atoms with van der Waals surface area (Å²) in [6.45, 7) is 8.58. The van der Waals surface area contributed by atoms with E-state index >= 15 is 0 Å². The first-order valence-electron chi connectivity index (χ1n) is 9.76. The van der Waals surface area contributed by atoms with Gasteiger partial charge in [-0.25, -0.2) is 0 Å². The molecule has 7 heteroatoms. The van der Waals surface area contributed by atoms with Crippen LogP contribution in [0.2, 0.25) is 0 Å². The van der Waals surface area contributed by atoms with Crippen LogP contribution in [0.5, 0.6) is 0 Å². The maximum atomic E-state index is 12.9. The van der Waals surface area contributed by atoms with Crippen molar-refractivity contribution in [3.8, 4) is 0 Å². The lowest BCUT2D eigenvalue weighted by molar-refractivity contribution is -0.133. The van der Waals surface area contributed by atoms with Crippen molar-refractivity contribution in [3.63, 3.8) is 0 Å². The molecular formula is C19H30N4O2S. The van der Waals surface area contributed by atoms with Crippen LogP contribution < -0.4 is 0 Å². The van der Waals surface area contributed by atoms with Crippen molar-refractivity contribution in [2.45, 2.75) is 64.7 Å². The van der Waals surface area contributed by atoms with Crippen molar-refractivity contribution >= 4 is 23.3 Å². The third-order valence-corrected chi connectivity index (χ3v) is 6.27. The largest absolute Gasteiger partial charge is 0.339 e. The van der Waals surface area contributed by atoms with Crippen molar-refractivity contribution in [3.05, 3.63) is 10.6 Å². The second-order valence-electron chi connectivity index (χ2n) is 8.56. The normalized spacial score (nSPS) is 19.2. The second-order valence-corrected chi connectivity index (χ2v) is 9.32. The molecule has 144 valence electrons. The summed E-state index contributed by atoms with van der Waals surface area (Å²) in [5.74, 6) is 0.998. The van der Waals surface area contributed by atoms with E-state index in [4.69, 9.17) is 0 Å². The number of rotatable bonds is 4. The van der Waals surface area contributed by atoms with Crippen molar-refractivity contribution in [1.82, 2.24) is 19.4 Å². The molecule has 0 bridgehead atoms. The molecule has 2 heterocycles. The first kappa shape index (κ1) is 19.3. The Hall–Kier alpha value is -1.50. The number of hydrogen-bond acceptors (Lipinski definition) is 5. The summed E-state index contributed by atoms with van der Waals surface area (Å²) < 4.78 is 3.99. The lowest BCUT2D eigenvalue weighted by atomic mass is 9.91. The number of aromatic nitrogens is 2. The fourth-order valence-corrected chi connectivity index (χ4v) is 4.75. The Morgan fingerprint density at radius 1 is 1.08 bits per heavy atom. The molecule has 0 unspecified atom stereocenters. The number of carbonyl (C=O) groups excluding carboxylic acids is 2. The van der Waals surface area contributed by atoms with Crippen LogP contribution in [0.25, 0.3) is 0 Å². The standard InChI is InChI=1S/C19H30N4O2S/c1-19(2,3)17-16(26-21-20-17)18(25)23-12-10-22(11-13-23)15(24)9-8-14-6-4-5-7-14/h14H,4-13H2,1-3H3. The first-order valence-corrected chi connectivity index (χ1v) is 10.5. The molecule has 1 aliphatic carbocycles. The van der Waals surface area contributed by atoms with Gasteiger partial charge in [0.25, 0.3) is 5.91 Å². The molecule has 3 rings (SSSR count). The van der Waals surface area contributed by atoms with E-state index in [1.807, 2.05) is 30.6 Å². The van der Waals surface area contributed by atoms with E-state index in [1.54, 1.807) is 0 Å². The van der Waals surface area contributed by atoms with E-state index in [-0.39, 0.29) is 17.2 Å². The molecule has 1 aromatic heterocycles. The van der Waals surface area contributed by atoms with Crippen LogP contribution in [0, 0.1) is 5.92 Å². The highest BCUT2D eigenvalue weighted by Gasteiger charge is 2.31. The maximum Gasteiger partial charge on any atom is 0.267 e. The monoisotopic (exact) mass is 378 g/mol. The van der Waals surface area contributed by atoms with Gasteiger partial charge in [0.2, 0.25) is 5.91 Å². The van der Waals surface area contributed by atoms with Gasteiger partial charge in [-0.1, -0.05) is 50.9 Å². The summed E-state index contributed by atoms with van der Waals surface area (Å²) in [6, 6.07) is 0. The molecular weight excluding hydrogens is 348 g/mol. The molecule has 2 aliphatic rings. The van der Waals surface area contributed by atoms with Gasteiger partial charge in [-0.3, -0.25) is 9.59 Å². The number of piperazine rings is 1. The average Bonchev–Trinajstić information content (AvgIpc) is 3.30. The van der Waals surface area contributed by atoms with Gasteiger partial charge >= 0.3 is 0 Å².